The third-order valence-electron chi connectivity index (χ3n) is 2.74. The van der Waals surface area contributed by atoms with Crippen molar-refractivity contribution in [2.45, 2.75) is 6.42 Å². The van der Waals surface area contributed by atoms with Crippen molar-refractivity contribution >= 4 is 22.8 Å². The van der Waals surface area contributed by atoms with Gasteiger partial charge in [-0.25, -0.2) is 4.98 Å². The number of benzene rings is 1. The fourth-order valence-corrected chi connectivity index (χ4v) is 1.90. The van der Waals surface area contributed by atoms with Gasteiger partial charge in [0.1, 0.15) is 0 Å². The van der Waals surface area contributed by atoms with E-state index >= 15 is 0 Å². The highest BCUT2D eigenvalue weighted by Gasteiger charge is 2.06. The molecule has 90 valence electrons. The molecule has 0 atom stereocenters. The summed E-state index contributed by atoms with van der Waals surface area (Å²) < 4.78 is 0. The van der Waals surface area contributed by atoms with Crippen LogP contribution >= 0.6 is 0 Å². The average Bonchev–Trinajstić information content (AvgIpc) is 2.98. The normalized spacial score (nSPS) is 10.7. The van der Waals surface area contributed by atoms with Crippen LogP contribution in [0.4, 0.5) is 5.95 Å². The van der Waals surface area contributed by atoms with Gasteiger partial charge in [-0.05, 0) is 23.1 Å². The average molecular weight is 240 g/mol. The number of anilines is 1. The maximum atomic E-state index is 11.8. The first-order valence-electron chi connectivity index (χ1n) is 5.66. The standard InChI is InChI=1S/C13H12N4O/c18-12(17-13-15-5-6-16-13)8-9-1-2-10-3-4-14-11(10)7-9/h1-7,14H,8H2,(H2,15,16,17,18). The summed E-state index contributed by atoms with van der Waals surface area (Å²) in [7, 11) is 0. The second-order valence-electron chi connectivity index (χ2n) is 4.06. The van der Waals surface area contributed by atoms with Gasteiger partial charge in [0.25, 0.3) is 0 Å². The number of imidazole rings is 1. The molecule has 0 fully saturated rings. The molecule has 0 saturated heterocycles. The molecule has 0 saturated carbocycles. The molecule has 5 nitrogen and oxygen atoms in total. The molecular formula is C13H12N4O. The molecule has 0 aliphatic heterocycles. The lowest BCUT2D eigenvalue weighted by molar-refractivity contribution is -0.115. The summed E-state index contributed by atoms with van der Waals surface area (Å²) >= 11 is 0. The number of hydrogen-bond donors (Lipinski definition) is 3. The van der Waals surface area contributed by atoms with Crippen LogP contribution in [-0.4, -0.2) is 20.9 Å². The third-order valence-corrected chi connectivity index (χ3v) is 2.74. The Morgan fingerprint density at radius 3 is 3.00 bits per heavy atom. The first kappa shape index (κ1) is 10.6. The van der Waals surface area contributed by atoms with Gasteiger partial charge >= 0.3 is 0 Å². The zero-order chi connectivity index (χ0) is 12.4. The van der Waals surface area contributed by atoms with Gasteiger partial charge in [0, 0.05) is 24.1 Å². The van der Waals surface area contributed by atoms with E-state index in [1.165, 1.54) is 0 Å². The molecule has 0 aliphatic rings. The molecule has 3 aromatic rings. The molecule has 1 amide bonds. The maximum absolute atomic E-state index is 11.8. The van der Waals surface area contributed by atoms with E-state index in [2.05, 4.69) is 20.3 Å². The Morgan fingerprint density at radius 1 is 1.22 bits per heavy atom. The van der Waals surface area contributed by atoms with E-state index in [1.54, 1.807) is 12.4 Å². The summed E-state index contributed by atoms with van der Waals surface area (Å²) in [5.74, 6) is 0.386. The quantitative estimate of drug-likeness (QED) is 0.655. The molecule has 18 heavy (non-hydrogen) atoms. The summed E-state index contributed by atoms with van der Waals surface area (Å²) in [6.07, 6.45) is 5.48. The molecule has 5 heteroatoms. The lowest BCUT2D eigenvalue weighted by Gasteiger charge is -2.02. The number of nitrogens with zero attached hydrogens (tertiary/aromatic N) is 1. The fraction of sp³-hybridized carbons (Fsp3) is 0.0769. The third kappa shape index (κ3) is 2.10. The first-order chi connectivity index (χ1) is 8.81. The first-order valence-corrected chi connectivity index (χ1v) is 5.66. The van der Waals surface area contributed by atoms with Crippen molar-refractivity contribution in [1.29, 1.82) is 0 Å². The molecule has 0 spiro atoms. The van der Waals surface area contributed by atoms with E-state index < -0.39 is 0 Å². The van der Waals surface area contributed by atoms with Gasteiger partial charge in [0.05, 0.1) is 6.42 Å². The Morgan fingerprint density at radius 2 is 2.17 bits per heavy atom. The fourth-order valence-electron chi connectivity index (χ4n) is 1.90. The largest absolute Gasteiger partial charge is 0.361 e. The molecule has 0 radical (unpaired) electrons. The number of H-pyrrole nitrogens is 2. The second kappa shape index (κ2) is 4.37. The van der Waals surface area contributed by atoms with Crippen molar-refractivity contribution in [2.24, 2.45) is 0 Å². The van der Waals surface area contributed by atoms with Crippen LogP contribution < -0.4 is 5.32 Å². The van der Waals surface area contributed by atoms with Crippen LogP contribution in [0, 0.1) is 0 Å². The molecular weight excluding hydrogens is 228 g/mol. The van der Waals surface area contributed by atoms with E-state index in [0.29, 0.717) is 12.4 Å². The van der Waals surface area contributed by atoms with Crippen LogP contribution in [0.15, 0.2) is 42.9 Å². The zero-order valence-corrected chi connectivity index (χ0v) is 9.60. The Bertz CT molecular complexity index is 669. The summed E-state index contributed by atoms with van der Waals surface area (Å²) in [5.41, 5.74) is 2.01. The summed E-state index contributed by atoms with van der Waals surface area (Å²) in [4.78, 5) is 21.7. The van der Waals surface area contributed by atoms with Crippen LogP contribution in [-0.2, 0) is 11.2 Å². The summed E-state index contributed by atoms with van der Waals surface area (Å²) in [6, 6.07) is 7.94. The molecule has 3 rings (SSSR count). The Balaban J connectivity index is 1.73. The van der Waals surface area contributed by atoms with Crippen molar-refractivity contribution in [3.8, 4) is 0 Å². The van der Waals surface area contributed by atoms with Crippen molar-refractivity contribution in [2.75, 3.05) is 5.32 Å². The summed E-state index contributed by atoms with van der Waals surface area (Å²) in [6.45, 7) is 0. The van der Waals surface area contributed by atoms with Crippen LogP contribution in [0.2, 0.25) is 0 Å². The second-order valence-corrected chi connectivity index (χ2v) is 4.06. The van der Waals surface area contributed by atoms with E-state index in [-0.39, 0.29) is 5.91 Å². The van der Waals surface area contributed by atoms with E-state index in [4.69, 9.17) is 0 Å². The molecule has 0 bridgehead atoms. The minimum Gasteiger partial charge on any atom is -0.361 e. The number of carbonyl (C=O) groups excluding carboxylic acids is 1. The number of nitrogens with one attached hydrogen (secondary N) is 3. The van der Waals surface area contributed by atoms with Crippen LogP contribution in [0.5, 0.6) is 0 Å². The highest BCUT2D eigenvalue weighted by molar-refractivity contribution is 5.91. The molecule has 0 aliphatic carbocycles. The van der Waals surface area contributed by atoms with E-state index in [9.17, 15) is 4.79 Å². The molecule has 2 aromatic heterocycles. The molecule has 0 unspecified atom stereocenters. The van der Waals surface area contributed by atoms with Crippen LogP contribution in [0.1, 0.15) is 5.56 Å². The number of carbonyl (C=O) groups is 1. The SMILES string of the molecule is O=C(Cc1ccc2cc[nH]c2c1)Nc1ncc[nH]1. The van der Waals surface area contributed by atoms with Crippen molar-refractivity contribution in [3.05, 3.63) is 48.4 Å². The number of fused-ring (bicyclic) bond motifs is 1. The van der Waals surface area contributed by atoms with Crippen molar-refractivity contribution in [3.63, 3.8) is 0 Å². The number of aromatic amines is 2. The van der Waals surface area contributed by atoms with Gasteiger partial charge in [0.15, 0.2) is 0 Å². The minimum absolute atomic E-state index is 0.0872. The van der Waals surface area contributed by atoms with Crippen molar-refractivity contribution in [1.82, 2.24) is 15.0 Å². The smallest absolute Gasteiger partial charge is 0.231 e. The lowest BCUT2D eigenvalue weighted by Crippen LogP contribution is -2.15. The lowest BCUT2D eigenvalue weighted by atomic mass is 10.1. The van der Waals surface area contributed by atoms with E-state index in [0.717, 1.165) is 16.5 Å². The van der Waals surface area contributed by atoms with Gasteiger partial charge in [0.2, 0.25) is 11.9 Å². The van der Waals surface area contributed by atoms with Gasteiger partial charge in [-0.2, -0.15) is 0 Å². The highest BCUT2D eigenvalue weighted by atomic mass is 16.1. The highest BCUT2D eigenvalue weighted by Crippen LogP contribution is 2.14. The van der Waals surface area contributed by atoms with Crippen molar-refractivity contribution < 1.29 is 4.79 Å². The molecule has 1 aromatic carbocycles. The minimum atomic E-state index is -0.0872. The van der Waals surface area contributed by atoms with Gasteiger partial charge in [-0.15, -0.1) is 0 Å². The predicted molar refractivity (Wildman–Crippen MR) is 69.2 cm³/mol. The Labute approximate surface area is 103 Å². The van der Waals surface area contributed by atoms with Crippen LogP contribution in [0.25, 0.3) is 10.9 Å². The van der Waals surface area contributed by atoms with Gasteiger partial charge in [-0.3, -0.25) is 10.1 Å². The Kier molecular flexibility index (Phi) is 2.57. The van der Waals surface area contributed by atoms with Gasteiger partial charge < -0.3 is 9.97 Å². The monoisotopic (exact) mass is 240 g/mol. The number of rotatable bonds is 3. The van der Waals surface area contributed by atoms with Crippen LogP contribution in [0.3, 0.4) is 0 Å². The topological polar surface area (TPSA) is 73.6 Å². The maximum Gasteiger partial charge on any atom is 0.231 e. The summed E-state index contributed by atoms with van der Waals surface area (Å²) in [5, 5.41) is 3.84. The number of hydrogen-bond acceptors (Lipinski definition) is 2. The predicted octanol–water partition coefficient (Wildman–Crippen LogP) is 2.07. The van der Waals surface area contributed by atoms with Gasteiger partial charge in [-0.1, -0.05) is 12.1 Å². The molecule has 2 heterocycles. The number of amides is 1. The molecule has 3 N–H and O–H groups in total. The Hall–Kier alpha value is -2.56. The number of aromatic nitrogens is 3. The zero-order valence-electron chi connectivity index (χ0n) is 9.60. The van der Waals surface area contributed by atoms with E-state index in [1.807, 2.05) is 30.5 Å².